The molecule has 0 saturated heterocycles. The van der Waals surface area contributed by atoms with Gasteiger partial charge in [0.1, 0.15) is 11.2 Å². The van der Waals surface area contributed by atoms with Gasteiger partial charge in [0.2, 0.25) is 5.82 Å². The summed E-state index contributed by atoms with van der Waals surface area (Å²) in [5.41, 5.74) is -0.903. The summed E-state index contributed by atoms with van der Waals surface area (Å²) in [5.74, 6) is -1.12. The fourth-order valence-corrected chi connectivity index (χ4v) is 1.88. The molecule has 1 aromatic rings. The van der Waals surface area contributed by atoms with E-state index in [0.717, 1.165) is 0 Å². The molecule has 4 nitrogen and oxygen atoms in total. The van der Waals surface area contributed by atoms with Crippen LogP contribution in [0.5, 0.6) is 0 Å². The first-order valence-corrected chi connectivity index (χ1v) is 4.98. The Morgan fingerprint density at radius 3 is 2.94 bits per heavy atom. The summed E-state index contributed by atoms with van der Waals surface area (Å²) in [6.45, 7) is 1.68. The van der Waals surface area contributed by atoms with Crippen LogP contribution in [0.15, 0.2) is 9.21 Å². The maximum atomic E-state index is 13.5. The summed E-state index contributed by atoms with van der Waals surface area (Å²) in [5, 5.41) is 19.2. The molecule has 1 atom stereocenters. The molecule has 16 heavy (non-hydrogen) atoms. The molecule has 2 rings (SSSR count). The molecule has 1 aliphatic carbocycles. The minimum Gasteiger partial charge on any atom is -0.511 e. The summed E-state index contributed by atoms with van der Waals surface area (Å²) >= 11 is 0. The lowest BCUT2D eigenvalue weighted by molar-refractivity contribution is 0.226. The van der Waals surface area contributed by atoms with Gasteiger partial charge in [-0.1, -0.05) is 6.92 Å². The minimum atomic E-state index is -1.08. The van der Waals surface area contributed by atoms with Crippen molar-refractivity contribution in [2.75, 3.05) is 0 Å². The Hall–Kier alpha value is -1.62. The van der Waals surface area contributed by atoms with Gasteiger partial charge in [-0.05, 0) is 12.5 Å². The lowest BCUT2D eigenvalue weighted by Gasteiger charge is -2.12. The smallest absolute Gasteiger partial charge is 0.372 e. The third kappa shape index (κ3) is 1.53. The van der Waals surface area contributed by atoms with Crippen LogP contribution in [0.1, 0.15) is 18.9 Å². The van der Waals surface area contributed by atoms with Crippen molar-refractivity contribution >= 4 is 11.8 Å². The Balaban J connectivity index is 2.99. The molecule has 1 unspecified atom stereocenters. The van der Waals surface area contributed by atoms with E-state index in [1.54, 1.807) is 6.92 Å². The van der Waals surface area contributed by atoms with Gasteiger partial charge in [0, 0.05) is 12.0 Å². The highest BCUT2D eigenvalue weighted by Crippen LogP contribution is 2.07. The van der Waals surface area contributed by atoms with Crippen molar-refractivity contribution in [3.63, 3.8) is 0 Å². The standard InChI is InChI=1S/C11H11FO4/c1-2-6-9-7(14)3-5(13)4-8(9)16-11(15)10(6)12/h4-5,13-14H,2-3H2,1H3. The third-order valence-electron chi connectivity index (χ3n) is 2.58. The van der Waals surface area contributed by atoms with Crippen LogP contribution in [-0.4, -0.2) is 16.3 Å². The number of aliphatic hydroxyl groups is 2. The zero-order chi connectivity index (χ0) is 11.9. The maximum absolute atomic E-state index is 13.5. The van der Waals surface area contributed by atoms with E-state index in [4.69, 9.17) is 0 Å². The van der Waals surface area contributed by atoms with Crippen molar-refractivity contribution in [1.29, 1.82) is 0 Å². The molecule has 0 aromatic carbocycles. The second-order valence-corrected chi connectivity index (χ2v) is 3.66. The van der Waals surface area contributed by atoms with Gasteiger partial charge in [0.25, 0.3) is 0 Å². The van der Waals surface area contributed by atoms with E-state index in [2.05, 4.69) is 4.42 Å². The first kappa shape index (κ1) is 10.9. The number of aliphatic hydroxyl groups excluding tert-OH is 2. The van der Waals surface area contributed by atoms with Gasteiger partial charge in [0.05, 0.1) is 11.3 Å². The van der Waals surface area contributed by atoms with Crippen molar-refractivity contribution < 1.29 is 19.0 Å². The number of hydrogen-bond acceptors (Lipinski definition) is 4. The highest BCUT2D eigenvalue weighted by Gasteiger charge is 2.18. The predicted octanol–water partition coefficient (Wildman–Crippen LogP) is -0.447. The molecule has 0 aliphatic heterocycles. The Morgan fingerprint density at radius 1 is 1.62 bits per heavy atom. The second kappa shape index (κ2) is 3.75. The third-order valence-corrected chi connectivity index (χ3v) is 2.58. The largest absolute Gasteiger partial charge is 0.511 e. The van der Waals surface area contributed by atoms with Gasteiger partial charge in [-0.15, -0.1) is 0 Å². The Kier molecular flexibility index (Phi) is 2.55. The zero-order valence-electron chi connectivity index (χ0n) is 8.66. The van der Waals surface area contributed by atoms with Gasteiger partial charge in [-0.3, -0.25) is 0 Å². The van der Waals surface area contributed by atoms with Crippen molar-refractivity contribution in [3.05, 3.63) is 32.4 Å². The van der Waals surface area contributed by atoms with E-state index in [-0.39, 0.29) is 34.8 Å². The van der Waals surface area contributed by atoms with Crippen molar-refractivity contribution in [2.45, 2.75) is 25.9 Å². The molecular formula is C11H11FO4. The van der Waals surface area contributed by atoms with Crippen LogP contribution in [0.25, 0.3) is 11.8 Å². The first-order valence-electron chi connectivity index (χ1n) is 4.98. The molecule has 1 aromatic heterocycles. The number of hydrogen-bond donors (Lipinski definition) is 2. The van der Waals surface area contributed by atoms with Crippen molar-refractivity contribution in [3.8, 4) is 0 Å². The number of rotatable bonds is 1. The lowest BCUT2D eigenvalue weighted by Crippen LogP contribution is -2.41. The SMILES string of the molecule is CCc1c(F)c(=O)oc2c1=C(O)CC(O)C=2. The average Bonchev–Trinajstić information content (AvgIpc) is 2.20. The molecule has 0 fully saturated rings. The van der Waals surface area contributed by atoms with Crippen LogP contribution >= 0.6 is 0 Å². The molecule has 86 valence electrons. The topological polar surface area (TPSA) is 70.7 Å². The fourth-order valence-electron chi connectivity index (χ4n) is 1.88. The van der Waals surface area contributed by atoms with E-state index in [9.17, 15) is 19.4 Å². The van der Waals surface area contributed by atoms with Crippen LogP contribution < -0.4 is 16.3 Å². The van der Waals surface area contributed by atoms with Gasteiger partial charge in [-0.2, -0.15) is 4.39 Å². The molecule has 0 amide bonds. The van der Waals surface area contributed by atoms with Gasteiger partial charge in [-0.25, -0.2) is 4.79 Å². The Morgan fingerprint density at radius 2 is 2.31 bits per heavy atom. The first-order chi connectivity index (χ1) is 7.54. The lowest BCUT2D eigenvalue weighted by atomic mass is 10.0. The summed E-state index contributed by atoms with van der Waals surface area (Å²) in [6.07, 6.45) is 0.668. The van der Waals surface area contributed by atoms with Crippen LogP contribution in [-0.2, 0) is 6.42 Å². The van der Waals surface area contributed by atoms with Crippen molar-refractivity contribution in [1.82, 2.24) is 0 Å². The average molecular weight is 226 g/mol. The highest BCUT2D eigenvalue weighted by atomic mass is 19.1. The highest BCUT2D eigenvalue weighted by molar-refractivity contribution is 5.47. The molecule has 2 N–H and O–H groups in total. The van der Waals surface area contributed by atoms with E-state index in [0.29, 0.717) is 0 Å². The quantitative estimate of drug-likeness (QED) is 0.680. The molecule has 0 radical (unpaired) electrons. The van der Waals surface area contributed by atoms with E-state index >= 15 is 0 Å². The number of fused-ring (bicyclic) bond motifs is 1. The van der Waals surface area contributed by atoms with Crippen molar-refractivity contribution in [2.24, 2.45) is 0 Å². The molecule has 5 heteroatoms. The minimum absolute atomic E-state index is 0.00711. The molecule has 0 saturated carbocycles. The molecule has 0 spiro atoms. The maximum Gasteiger partial charge on any atom is 0.372 e. The Bertz CT molecular complexity index is 600. The Labute approximate surface area is 90.0 Å². The number of halogens is 1. The van der Waals surface area contributed by atoms with E-state index in [1.807, 2.05) is 0 Å². The summed E-state index contributed by atoms with van der Waals surface area (Å²) in [6, 6.07) is 0. The van der Waals surface area contributed by atoms with E-state index < -0.39 is 17.5 Å². The zero-order valence-corrected chi connectivity index (χ0v) is 8.66. The van der Waals surface area contributed by atoms with Gasteiger partial charge in [0.15, 0.2) is 0 Å². The van der Waals surface area contributed by atoms with Gasteiger partial charge >= 0.3 is 5.63 Å². The fraction of sp³-hybridized carbons (Fsp3) is 0.364. The second-order valence-electron chi connectivity index (χ2n) is 3.66. The summed E-state index contributed by atoms with van der Waals surface area (Å²) < 4.78 is 18.1. The predicted molar refractivity (Wildman–Crippen MR) is 54.7 cm³/mol. The molecule has 1 heterocycles. The van der Waals surface area contributed by atoms with Crippen LogP contribution in [0, 0.1) is 5.82 Å². The molecule has 0 bridgehead atoms. The van der Waals surface area contributed by atoms with Crippen LogP contribution in [0.2, 0.25) is 0 Å². The normalized spacial score (nSPS) is 19.2. The molecular weight excluding hydrogens is 215 g/mol. The molecule has 1 aliphatic rings. The van der Waals surface area contributed by atoms with Crippen LogP contribution in [0.4, 0.5) is 4.39 Å². The van der Waals surface area contributed by atoms with Gasteiger partial charge < -0.3 is 14.6 Å². The summed E-state index contributed by atoms with van der Waals surface area (Å²) in [4.78, 5) is 11.1. The van der Waals surface area contributed by atoms with E-state index in [1.165, 1.54) is 6.08 Å². The monoisotopic (exact) mass is 226 g/mol. The summed E-state index contributed by atoms with van der Waals surface area (Å²) in [7, 11) is 0. The van der Waals surface area contributed by atoms with Crippen LogP contribution in [0.3, 0.4) is 0 Å².